The van der Waals surface area contributed by atoms with Crippen LogP contribution in [0, 0.1) is 17.1 Å². The Hall–Kier alpha value is -1.27. The van der Waals surface area contributed by atoms with Crippen LogP contribution < -0.4 is 5.32 Å². The van der Waals surface area contributed by atoms with E-state index >= 15 is 0 Å². The Morgan fingerprint density at radius 2 is 2.31 bits per heavy atom. The summed E-state index contributed by atoms with van der Waals surface area (Å²) < 4.78 is 12.6. The van der Waals surface area contributed by atoms with E-state index < -0.39 is 0 Å². The summed E-state index contributed by atoms with van der Waals surface area (Å²) in [4.78, 5) is 0. The topological polar surface area (TPSA) is 35.8 Å². The van der Waals surface area contributed by atoms with E-state index in [1.807, 2.05) is 6.07 Å². The molecule has 0 aromatic heterocycles. The molecular formula is C9H8ClFN2. The molecule has 0 spiro atoms. The zero-order valence-electron chi connectivity index (χ0n) is 6.85. The smallest absolute Gasteiger partial charge is 0.124 e. The first-order valence-corrected chi connectivity index (χ1v) is 4.17. The summed E-state index contributed by atoms with van der Waals surface area (Å²) >= 11 is 5.72. The lowest BCUT2D eigenvalue weighted by Gasteiger charge is -2.05. The fourth-order valence-electron chi connectivity index (χ4n) is 0.886. The van der Waals surface area contributed by atoms with Crippen LogP contribution in [0.3, 0.4) is 0 Å². The molecule has 0 aliphatic carbocycles. The van der Waals surface area contributed by atoms with E-state index in [1.165, 1.54) is 12.1 Å². The van der Waals surface area contributed by atoms with Gasteiger partial charge in [0.15, 0.2) is 0 Å². The summed E-state index contributed by atoms with van der Waals surface area (Å²) in [5, 5.41) is 11.5. The summed E-state index contributed by atoms with van der Waals surface area (Å²) in [6, 6.07) is 6.09. The molecule has 0 saturated carbocycles. The second-order valence-corrected chi connectivity index (χ2v) is 2.87. The molecule has 4 heteroatoms. The van der Waals surface area contributed by atoms with Crippen LogP contribution in [0.2, 0.25) is 5.02 Å². The van der Waals surface area contributed by atoms with E-state index in [4.69, 9.17) is 16.9 Å². The summed E-state index contributed by atoms with van der Waals surface area (Å²) in [6.07, 6.45) is 0.397. The Kier molecular flexibility index (Phi) is 3.53. The molecule has 2 nitrogen and oxygen atoms in total. The van der Waals surface area contributed by atoms with Crippen molar-refractivity contribution in [1.29, 1.82) is 5.26 Å². The average Bonchev–Trinajstić information content (AvgIpc) is 2.09. The van der Waals surface area contributed by atoms with E-state index in [0.717, 1.165) is 0 Å². The highest BCUT2D eigenvalue weighted by atomic mass is 35.5. The Labute approximate surface area is 80.9 Å². The maximum Gasteiger partial charge on any atom is 0.124 e. The van der Waals surface area contributed by atoms with Gasteiger partial charge in [0.2, 0.25) is 0 Å². The minimum absolute atomic E-state index is 0.331. The minimum atomic E-state index is -0.365. The minimum Gasteiger partial charge on any atom is -0.383 e. The quantitative estimate of drug-likeness (QED) is 0.759. The number of halogens is 2. The molecule has 0 fully saturated rings. The van der Waals surface area contributed by atoms with Gasteiger partial charge >= 0.3 is 0 Å². The monoisotopic (exact) mass is 198 g/mol. The van der Waals surface area contributed by atoms with Crippen LogP contribution >= 0.6 is 11.6 Å². The van der Waals surface area contributed by atoms with E-state index in [0.29, 0.717) is 23.7 Å². The molecular weight excluding hydrogens is 191 g/mol. The third kappa shape index (κ3) is 2.92. The maximum atomic E-state index is 12.6. The number of anilines is 1. The van der Waals surface area contributed by atoms with E-state index in [2.05, 4.69) is 5.32 Å². The van der Waals surface area contributed by atoms with Crippen molar-refractivity contribution in [2.75, 3.05) is 11.9 Å². The van der Waals surface area contributed by atoms with Crippen LogP contribution in [0.1, 0.15) is 6.42 Å². The molecule has 1 rings (SSSR count). The first kappa shape index (κ1) is 9.82. The van der Waals surface area contributed by atoms with Gasteiger partial charge in [0, 0.05) is 6.54 Å². The predicted molar refractivity (Wildman–Crippen MR) is 50.1 cm³/mol. The zero-order chi connectivity index (χ0) is 9.68. The van der Waals surface area contributed by atoms with Gasteiger partial charge in [-0.1, -0.05) is 11.6 Å². The third-order valence-electron chi connectivity index (χ3n) is 1.48. The maximum absolute atomic E-state index is 12.6. The summed E-state index contributed by atoms with van der Waals surface area (Å²) in [5.74, 6) is -0.365. The van der Waals surface area contributed by atoms with Gasteiger partial charge < -0.3 is 5.32 Å². The van der Waals surface area contributed by atoms with E-state index in [1.54, 1.807) is 6.07 Å². The SMILES string of the molecule is N#CCCNc1ccc(F)cc1Cl. The number of nitriles is 1. The number of rotatable bonds is 3. The second kappa shape index (κ2) is 4.68. The van der Waals surface area contributed by atoms with Crippen LogP contribution in [0.25, 0.3) is 0 Å². The summed E-state index contributed by atoms with van der Waals surface area (Å²) in [5.41, 5.74) is 0.651. The van der Waals surface area contributed by atoms with Gasteiger partial charge in [-0.2, -0.15) is 5.26 Å². The Balaban J connectivity index is 2.62. The van der Waals surface area contributed by atoms with Crippen molar-refractivity contribution in [3.8, 4) is 6.07 Å². The molecule has 0 heterocycles. The predicted octanol–water partition coefficient (Wildman–Crippen LogP) is 2.80. The number of hydrogen-bond donors (Lipinski definition) is 1. The third-order valence-corrected chi connectivity index (χ3v) is 1.80. The zero-order valence-corrected chi connectivity index (χ0v) is 7.61. The largest absolute Gasteiger partial charge is 0.383 e. The Bertz CT molecular complexity index is 333. The molecule has 0 bridgehead atoms. The van der Waals surface area contributed by atoms with Gasteiger partial charge in [0.1, 0.15) is 5.82 Å². The van der Waals surface area contributed by atoms with Gasteiger partial charge in [0.05, 0.1) is 23.2 Å². The highest BCUT2D eigenvalue weighted by Crippen LogP contribution is 2.21. The summed E-state index contributed by atoms with van der Waals surface area (Å²) in [7, 11) is 0. The van der Waals surface area contributed by atoms with Crippen molar-refractivity contribution in [3.63, 3.8) is 0 Å². The first-order valence-electron chi connectivity index (χ1n) is 3.80. The lowest BCUT2D eigenvalue weighted by atomic mass is 10.3. The Morgan fingerprint density at radius 1 is 1.54 bits per heavy atom. The van der Waals surface area contributed by atoms with E-state index in [-0.39, 0.29) is 5.82 Å². The molecule has 0 amide bonds. The number of nitrogens with one attached hydrogen (secondary N) is 1. The Morgan fingerprint density at radius 3 is 2.92 bits per heavy atom. The average molecular weight is 199 g/mol. The van der Waals surface area contributed by atoms with Crippen molar-refractivity contribution in [3.05, 3.63) is 29.0 Å². The van der Waals surface area contributed by atoms with Crippen molar-refractivity contribution < 1.29 is 4.39 Å². The van der Waals surface area contributed by atoms with Crippen molar-refractivity contribution >= 4 is 17.3 Å². The normalized spacial score (nSPS) is 9.31. The van der Waals surface area contributed by atoms with Crippen molar-refractivity contribution in [2.45, 2.75) is 6.42 Å². The lowest BCUT2D eigenvalue weighted by molar-refractivity contribution is 0.628. The van der Waals surface area contributed by atoms with Gasteiger partial charge in [-0.15, -0.1) is 0 Å². The van der Waals surface area contributed by atoms with Crippen LogP contribution in [0.5, 0.6) is 0 Å². The van der Waals surface area contributed by atoms with Crippen LogP contribution in [0.15, 0.2) is 18.2 Å². The highest BCUT2D eigenvalue weighted by molar-refractivity contribution is 6.33. The second-order valence-electron chi connectivity index (χ2n) is 2.46. The van der Waals surface area contributed by atoms with Gasteiger partial charge in [-0.25, -0.2) is 4.39 Å². The molecule has 0 aliphatic heterocycles. The number of nitrogens with zero attached hydrogens (tertiary/aromatic N) is 1. The fourth-order valence-corrected chi connectivity index (χ4v) is 1.12. The molecule has 0 aliphatic rings. The number of hydrogen-bond acceptors (Lipinski definition) is 2. The van der Waals surface area contributed by atoms with Crippen molar-refractivity contribution in [1.82, 2.24) is 0 Å². The molecule has 0 unspecified atom stereocenters. The molecule has 0 radical (unpaired) electrons. The van der Waals surface area contributed by atoms with Gasteiger partial charge in [0.25, 0.3) is 0 Å². The van der Waals surface area contributed by atoms with E-state index in [9.17, 15) is 4.39 Å². The van der Waals surface area contributed by atoms with Crippen molar-refractivity contribution in [2.24, 2.45) is 0 Å². The highest BCUT2D eigenvalue weighted by Gasteiger charge is 1.99. The molecule has 1 aromatic rings. The molecule has 0 atom stereocenters. The van der Waals surface area contributed by atoms with Crippen LogP contribution in [0.4, 0.5) is 10.1 Å². The van der Waals surface area contributed by atoms with Crippen LogP contribution in [-0.4, -0.2) is 6.54 Å². The molecule has 1 aromatic carbocycles. The lowest BCUT2D eigenvalue weighted by Crippen LogP contribution is -2.00. The summed E-state index contributed by atoms with van der Waals surface area (Å²) in [6.45, 7) is 0.516. The fraction of sp³-hybridized carbons (Fsp3) is 0.222. The molecule has 1 N–H and O–H groups in total. The van der Waals surface area contributed by atoms with Crippen LogP contribution in [-0.2, 0) is 0 Å². The first-order chi connectivity index (χ1) is 6.24. The molecule has 0 saturated heterocycles. The standard InChI is InChI=1S/C9H8ClFN2/c10-8-6-7(11)2-3-9(8)13-5-1-4-12/h2-3,6,13H,1,5H2. The van der Waals surface area contributed by atoms with Gasteiger partial charge in [-0.3, -0.25) is 0 Å². The number of benzene rings is 1. The molecule has 68 valence electrons. The van der Waals surface area contributed by atoms with Gasteiger partial charge in [-0.05, 0) is 18.2 Å². The molecule has 13 heavy (non-hydrogen) atoms.